The first-order valence-corrected chi connectivity index (χ1v) is 10.1. The molecule has 0 radical (unpaired) electrons. The van der Waals surface area contributed by atoms with E-state index in [9.17, 15) is 22.8 Å². The highest BCUT2D eigenvalue weighted by molar-refractivity contribution is 5.99. The van der Waals surface area contributed by atoms with Crippen LogP contribution in [0.3, 0.4) is 0 Å². The highest BCUT2D eigenvalue weighted by atomic mass is 19.4. The molecule has 164 valence electrons. The van der Waals surface area contributed by atoms with Crippen LogP contribution in [0.5, 0.6) is 0 Å². The lowest BCUT2D eigenvalue weighted by Crippen LogP contribution is -2.27. The molecule has 9 heteroatoms. The number of hydrogen-bond donors (Lipinski definition) is 1. The van der Waals surface area contributed by atoms with Gasteiger partial charge in [-0.25, -0.2) is 4.79 Å². The van der Waals surface area contributed by atoms with Crippen molar-refractivity contribution in [1.29, 1.82) is 0 Å². The smallest absolute Gasteiger partial charge is 0.391 e. The number of anilines is 1. The number of nitrogen functional groups attached to an aromatic ring is 1. The van der Waals surface area contributed by atoms with Crippen molar-refractivity contribution in [2.75, 3.05) is 12.3 Å². The van der Waals surface area contributed by atoms with Crippen molar-refractivity contribution in [3.8, 4) is 0 Å². The summed E-state index contributed by atoms with van der Waals surface area (Å²) in [5, 5.41) is 0.368. The lowest BCUT2D eigenvalue weighted by atomic mass is 9.78. The number of nitrogens with two attached hydrogens (primary N) is 1. The van der Waals surface area contributed by atoms with Gasteiger partial charge in [0.15, 0.2) is 0 Å². The van der Waals surface area contributed by atoms with Crippen LogP contribution >= 0.6 is 0 Å². The molecule has 0 atom stereocenters. The van der Waals surface area contributed by atoms with Crippen molar-refractivity contribution in [2.24, 2.45) is 5.92 Å². The maximum atomic E-state index is 13.1. The fourth-order valence-electron chi connectivity index (χ4n) is 4.19. The molecule has 4 rings (SSSR count). The van der Waals surface area contributed by atoms with Gasteiger partial charge in [-0.15, -0.1) is 0 Å². The molecule has 0 saturated heterocycles. The summed E-state index contributed by atoms with van der Waals surface area (Å²) in [5.41, 5.74) is 6.50. The number of esters is 1. The standard InChI is InChI=1S/C22H21F3N2O4/c1-2-30-21(29)16-10-15-18(28)14-9-12(5-8-17(14)31-20(15)27-19(16)26)11-3-6-13(7-4-11)22(23,24)25/h5,8-11,13H,2-4,6-7H2,1H3,(H2,26,27). The normalized spacial score (nSPS) is 19.6. The number of alkyl halides is 3. The third kappa shape index (κ3) is 3.96. The van der Waals surface area contributed by atoms with Crippen molar-refractivity contribution in [2.45, 2.75) is 44.7 Å². The number of carbonyl (C=O) groups is 1. The Balaban J connectivity index is 1.73. The Morgan fingerprint density at radius 1 is 1.19 bits per heavy atom. The zero-order valence-corrected chi connectivity index (χ0v) is 16.8. The van der Waals surface area contributed by atoms with Gasteiger partial charge < -0.3 is 14.9 Å². The minimum atomic E-state index is -4.17. The van der Waals surface area contributed by atoms with E-state index in [-0.39, 0.29) is 58.7 Å². The SMILES string of the molecule is CCOC(=O)c1cc2c(=O)c3cc(C4CCC(C(F)(F)F)CC4)ccc3oc2nc1N. The van der Waals surface area contributed by atoms with Gasteiger partial charge >= 0.3 is 12.1 Å². The highest BCUT2D eigenvalue weighted by Crippen LogP contribution is 2.43. The summed E-state index contributed by atoms with van der Waals surface area (Å²) in [7, 11) is 0. The van der Waals surface area contributed by atoms with Crippen LogP contribution in [0.4, 0.5) is 19.0 Å². The molecule has 1 aliphatic carbocycles. The first-order valence-electron chi connectivity index (χ1n) is 10.1. The predicted molar refractivity (Wildman–Crippen MR) is 109 cm³/mol. The molecule has 0 bridgehead atoms. The van der Waals surface area contributed by atoms with Crippen LogP contribution in [-0.2, 0) is 4.74 Å². The van der Waals surface area contributed by atoms with E-state index in [0.29, 0.717) is 18.4 Å². The molecule has 2 aromatic heterocycles. The van der Waals surface area contributed by atoms with E-state index in [1.807, 2.05) is 0 Å². The van der Waals surface area contributed by atoms with E-state index in [1.54, 1.807) is 25.1 Å². The molecule has 6 nitrogen and oxygen atoms in total. The number of fused-ring (bicyclic) bond motifs is 2. The van der Waals surface area contributed by atoms with E-state index < -0.39 is 18.1 Å². The van der Waals surface area contributed by atoms with E-state index in [0.717, 1.165) is 5.56 Å². The van der Waals surface area contributed by atoms with Gasteiger partial charge in [-0.05, 0) is 62.3 Å². The quantitative estimate of drug-likeness (QED) is 0.464. The molecule has 1 fully saturated rings. The summed E-state index contributed by atoms with van der Waals surface area (Å²) >= 11 is 0. The molecule has 31 heavy (non-hydrogen) atoms. The molecule has 1 saturated carbocycles. The highest BCUT2D eigenvalue weighted by Gasteiger charge is 2.41. The zero-order chi connectivity index (χ0) is 22.3. The van der Waals surface area contributed by atoms with Gasteiger partial charge in [-0.1, -0.05) is 6.07 Å². The molecular formula is C22H21F3N2O4. The summed E-state index contributed by atoms with van der Waals surface area (Å²) in [4.78, 5) is 29.2. The van der Waals surface area contributed by atoms with Crippen molar-refractivity contribution in [1.82, 2.24) is 4.98 Å². The van der Waals surface area contributed by atoms with Gasteiger partial charge in [-0.2, -0.15) is 18.2 Å². The van der Waals surface area contributed by atoms with Crippen LogP contribution in [0.15, 0.2) is 33.5 Å². The van der Waals surface area contributed by atoms with E-state index >= 15 is 0 Å². The fraction of sp³-hybridized carbons (Fsp3) is 0.409. The van der Waals surface area contributed by atoms with Crippen molar-refractivity contribution < 1.29 is 27.1 Å². The molecule has 2 N–H and O–H groups in total. The van der Waals surface area contributed by atoms with Crippen LogP contribution in [0.2, 0.25) is 0 Å². The van der Waals surface area contributed by atoms with Crippen LogP contribution < -0.4 is 11.2 Å². The lowest BCUT2D eigenvalue weighted by molar-refractivity contribution is -0.182. The van der Waals surface area contributed by atoms with E-state index in [2.05, 4.69) is 4.98 Å². The maximum absolute atomic E-state index is 13.1. The molecular weight excluding hydrogens is 413 g/mol. The zero-order valence-electron chi connectivity index (χ0n) is 16.8. The minimum absolute atomic E-state index is 0.00137. The third-order valence-corrected chi connectivity index (χ3v) is 5.87. The Kier molecular flexibility index (Phi) is 5.36. The number of pyridine rings is 1. The summed E-state index contributed by atoms with van der Waals surface area (Å²) in [6.07, 6.45) is -3.21. The van der Waals surface area contributed by atoms with Gasteiger partial charge in [0.1, 0.15) is 17.0 Å². The average molecular weight is 434 g/mol. The van der Waals surface area contributed by atoms with Crippen molar-refractivity contribution in [3.05, 3.63) is 45.6 Å². The number of carbonyl (C=O) groups excluding carboxylic acids is 1. The first-order chi connectivity index (χ1) is 14.7. The summed E-state index contributed by atoms with van der Waals surface area (Å²) in [6.45, 7) is 1.79. The second-order valence-corrected chi connectivity index (χ2v) is 7.77. The Morgan fingerprint density at radius 3 is 2.55 bits per heavy atom. The lowest BCUT2D eigenvalue weighted by Gasteiger charge is -2.30. The summed E-state index contributed by atoms with van der Waals surface area (Å²) < 4.78 is 49.5. The molecule has 3 aromatic rings. The van der Waals surface area contributed by atoms with Gasteiger partial charge in [0, 0.05) is 0 Å². The van der Waals surface area contributed by atoms with Crippen LogP contribution in [0, 0.1) is 5.92 Å². The van der Waals surface area contributed by atoms with Crippen LogP contribution in [-0.4, -0.2) is 23.7 Å². The van der Waals surface area contributed by atoms with E-state index in [1.165, 1.54) is 6.07 Å². The molecule has 1 aromatic carbocycles. The number of nitrogens with zero attached hydrogens (tertiary/aromatic N) is 1. The number of hydrogen-bond acceptors (Lipinski definition) is 6. The molecule has 0 amide bonds. The van der Waals surface area contributed by atoms with Gasteiger partial charge in [-0.3, -0.25) is 4.79 Å². The Hall–Kier alpha value is -3.10. The summed E-state index contributed by atoms with van der Waals surface area (Å²) in [6, 6.07) is 6.37. The molecule has 0 spiro atoms. The van der Waals surface area contributed by atoms with Crippen molar-refractivity contribution >= 4 is 33.9 Å². The molecule has 1 aliphatic rings. The van der Waals surface area contributed by atoms with Crippen LogP contribution in [0.25, 0.3) is 22.1 Å². The first kappa shape index (κ1) is 21.1. The van der Waals surface area contributed by atoms with Crippen molar-refractivity contribution in [3.63, 3.8) is 0 Å². The Bertz CT molecular complexity index is 1210. The Labute approximate surface area is 175 Å². The fourth-order valence-corrected chi connectivity index (χ4v) is 4.19. The van der Waals surface area contributed by atoms with Gasteiger partial charge in [0.25, 0.3) is 0 Å². The summed E-state index contributed by atoms with van der Waals surface area (Å²) in [5.74, 6) is -2.12. The number of benzene rings is 1. The van der Waals surface area contributed by atoms with Gasteiger partial charge in [0.2, 0.25) is 11.1 Å². The van der Waals surface area contributed by atoms with Gasteiger partial charge in [0.05, 0.1) is 23.3 Å². The van der Waals surface area contributed by atoms with E-state index in [4.69, 9.17) is 14.9 Å². The monoisotopic (exact) mass is 434 g/mol. The minimum Gasteiger partial charge on any atom is -0.462 e. The number of ether oxygens (including phenoxy) is 1. The average Bonchev–Trinajstić information content (AvgIpc) is 2.73. The maximum Gasteiger partial charge on any atom is 0.391 e. The topological polar surface area (TPSA) is 95.4 Å². The number of halogens is 3. The molecule has 0 aliphatic heterocycles. The molecule has 0 unspecified atom stereocenters. The Morgan fingerprint density at radius 2 is 1.90 bits per heavy atom. The number of rotatable bonds is 3. The van der Waals surface area contributed by atoms with Crippen LogP contribution in [0.1, 0.15) is 54.4 Å². The number of aromatic nitrogens is 1. The molecule has 2 heterocycles. The largest absolute Gasteiger partial charge is 0.462 e. The second kappa shape index (κ2) is 7.86. The third-order valence-electron chi connectivity index (χ3n) is 5.87. The predicted octanol–water partition coefficient (Wildman–Crippen LogP) is 4.94. The second-order valence-electron chi connectivity index (χ2n) is 7.77.